The molecular formula is C15H20ClN3O2. The number of hydrogen-bond donors (Lipinski definition) is 3. The van der Waals surface area contributed by atoms with Gasteiger partial charge in [0.05, 0.1) is 0 Å². The van der Waals surface area contributed by atoms with Crippen LogP contribution >= 0.6 is 12.4 Å². The highest BCUT2D eigenvalue weighted by atomic mass is 35.5. The minimum atomic E-state index is -0.818. The van der Waals surface area contributed by atoms with Crippen molar-refractivity contribution < 1.29 is 9.53 Å². The lowest BCUT2D eigenvalue weighted by atomic mass is 9.90. The van der Waals surface area contributed by atoms with Crippen LogP contribution in [-0.4, -0.2) is 29.6 Å². The van der Waals surface area contributed by atoms with Gasteiger partial charge in [0, 0.05) is 35.5 Å². The molecule has 4 N–H and O–H groups in total. The van der Waals surface area contributed by atoms with Gasteiger partial charge in [0.2, 0.25) is 5.91 Å². The van der Waals surface area contributed by atoms with Crippen LogP contribution in [0.3, 0.4) is 0 Å². The molecule has 0 bridgehead atoms. The SMILES string of the molecule is Cc1cc2cc(NC(=O)C3(N)CCOCC3)ccc2[nH]1.Cl. The van der Waals surface area contributed by atoms with Crippen molar-refractivity contribution in [2.45, 2.75) is 25.3 Å². The maximum Gasteiger partial charge on any atom is 0.244 e. The number of aromatic nitrogens is 1. The van der Waals surface area contributed by atoms with Gasteiger partial charge in [-0.05, 0) is 44.0 Å². The molecule has 1 aromatic heterocycles. The van der Waals surface area contributed by atoms with E-state index >= 15 is 0 Å². The molecule has 6 heteroatoms. The van der Waals surface area contributed by atoms with E-state index in [9.17, 15) is 4.79 Å². The van der Waals surface area contributed by atoms with Gasteiger partial charge in [0.15, 0.2) is 0 Å². The first-order valence-corrected chi connectivity index (χ1v) is 6.84. The molecule has 0 saturated carbocycles. The number of carbonyl (C=O) groups excluding carboxylic acids is 1. The fourth-order valence-corrected chi connectivity index (χ4v) is 2.57. The number of fused-ring (bicyclic) bond motifs is 1. The zero-order valence-corrected chi connectivity index (χ0v) is 12.8. The topological polar surface area (TPSA) is 80.1 Å². The number of H-pyrrole nitrogens is 1. The molecule has 1 amide bonds. The molecule has 5 nitrogen and oxygen atoms in total. The fourth-order valence-electron chi connectivity index (χ4n) is 2.57. The Hall–Kier alpha value is -1.56. The zero-order chi connectivity index (χ0) is 14.2. The number of rotatable bonds is 2. The summed E-state index contributed by atoms with van der Waals surface area (Å²) in [4.78, 5) is 15.6. The molecule has 1 saturated heterocycles. The highest BCUT2D eigenvalue weighted by molar-refractivity contribution is 5.99. The summed E-state index contributed by atoms with van der Waals surface area (Å²) >= 11 is 0. The number of aromatic amines is 1. The van der Waals surface area contributed by atoms with Crippen molar-refractivity contribution in [3.8, 4) is 0 Å². The number of nitrogens with two attached hydrogens (primary N) is 1. The smallest absolute Gasteiger partial charge is 0.244 e. The van der Waals surface area contributed by atoms with E-state index in [0.717, 1.165) is 22.3 Å². The van der Waals surface area contributed by atoms with Crippen LogP contribution in [0.25, 0.3) is 10.9 Å². The Morgan fingerprint density at radius 3 is 2.76 bits per heavy atom. The zero-order valence-electron chi connectivity index (χ0n) is 11.9. The molecule has 21 heavy (non-hydrogen) atoms. The summed E-state index contributed by atoms with van der Waals surface area (Å²) in [6.45, 7) is 3.09. The molecule has 0 spiro atoms. The Morgan fingerprint density at radius 2 is 2.05 bits per heavy atom. The molecule has 114 valence electrons. The Balaban J connectivity index is 0.00000161. The standard InChI is InChI=1S/C15H19N3O2.ClH/c1-10-8-11-9-12(2-3-13(11)17-10)18-14(19)15(16)4-6-20-7-5-15;/h2-3,8-9,17H,4-7,16H2,1H3,(H,18,19);1H. The predicted molar refractivity (Wildman–Crippen MR) is 85.9 cm³/mol. The lowest BCUT2D eigenvalue weighted by Gasteiger charge is -2.31. The van der Waals surface area contributed by atoms with Gasteiger partial charge in [0.1, 0.15) is 5.54 Å². The third-order valence-electron chi connectivity index (χ3n) is 3.85. The predicted octanol–water partition coefficient (Wildman–Crippen LogP) is 2.34. The summed E-state index contributed by atoms with van der Waals surface area (Å²) in [5, 5.41) is 4.00. The fraction of sp³-hybridized carbons (Fsp3) is 0.400. The lowest BCUT2D eigenvalue weighted by Crippen LogP contribution is -2.54. The molecule has 1 aromatic carbocycles. The molecule has 0 atom stereocenters. The third kappa shape index (κ3) is 3.20. The second kappa shape index (κ2) is 6.05. The van der Waals surface area contributed by atoms with E-state index in [4.69, 9.17) is 10.5 Å². The van der Waals surface area contributed by atoms with E-state index in [1.807, 2.05) is 25.1 Å². The van der Waals surface area contributed by atoms with Gasteiger partial charge >= 0.3 is 0 Å². The number of anilines is 1. The molecule has 0 radical (unpaired) electrons. The summed E-state index contributed by atoms with van der Waals surface area (Å²) in [6.07, 6.45) is 1.12. The number of hydrogen-bond acceptors (Lipinski definition) is 3. The Labute approximate surface area is 129 Å². The molecule has 0 aliphatic carbocycles. The van der Waals surface area contributed by atoms with Crippen LogP contribution in [0.5, 0.6) is 0 Å². The van der Waals surface area contributed by atoms with Gasteiger partial charge < -0.3 is 20.8 Å². The number of amides is 1. The van der Waals surface area contributed by atoms with Crippen LogP contribution in [0.1, 0.15) is 18.5 Å². The van der Waals surface area contributed by atoms with Crippen LogP contribution in [-0.2, 0) is 9.53 Å². The largest absolute Gasteiger partial charge is 0.381 e. The van der Waals surface area contributed by atoms with Crippen LogP contribution in [0.2, 0.25) is 0 Å². The molecule has 3 rings (SSSR count). The minimum Gasteiger partial charge on any atom is -0.381 e. The summed E-state index contributed by atoms with van der Waals surface area (Å²) in [5.74, 6) is -0.132. The maximum atomic E-state index is 12.3. The van der Waals surface area contributed by atoms with Crippen LogP contribution in [0.15, 0.2) is 24.3 Å². The van der Waals surface area contributed by atoms with E-state index in [0.29, 0.717) is 26.1 Å². The van der Waals surface area contributed by atoms with Crippen molar-refractivity contribution in [1.29, 1.82) is 0 Å². The first-order valence-electron chi connectivity index (χ1n) is 6.84. The quantitative estimate of drug-likeness (QED) is 0.796. The van der Waals surface area contributed by atoms with E-state index in [1.54, 1.807) is 0 Å². The monoisotopic (exact) mass is 309 g/mol. The van der Waals surface area contributed by atoms with E-state index in [-0.39, 0.29) is 18.3 Å². The van der Waals surface area contributed by atoms with Gasteiger partial charge in [-0.2, -0.15) is 0 Å². The average molecular weight is 310 g/mol. The number of benzene rings is 1. The summed E-state index contributed by atoms with van der Waals surface area (Å²) in [5.41, 5.74) is 8.29. The normalized spacial score (nSPS) is 17.2. The average Bonchev–Trinajstić information content (AvgIpc) is 2.79. The molecule has 1 fully saturated rings. The van der Waals surface area contributed by atoms with Gasteiger partial charge in [-0.25, -0.2) is 0 Å². The number of aryl methyl sites for hydroxylation is 1. The molecular weight excluding hydrogens is 290 g/mol. The Kier molecular flexibility index (Phi) is 4.56. The van der Waals surface area contributed by atoms with E-state index in [2.05, 4.69) is 16.4 Å². The van der Waals surface area contributed by atoms with E-state index in [1.165, 1.54) is 0 Å². The second-order valence-corrected chi connectivity index (χ2v) is 5.48. The van der Waals surface area contributed by atoms with E-state index < -0.39 is 5.54 Å². The second-order valence-electron chi connectivity index (χ2n) is 5.48. The molecule has 2 heterocycles. The molecule has 1 aliphatic heterocycles. The number of nitrogens with one attached hydrogen (secondary N) is 2. The van der Waals surface area contributed by atoms with Crippen molar-refractivity contribution >= 4 is 34.9 Å². The molecule has 2 aromatic rings. The molecule has 1 aliphatic rings. The Bertz CT molecular complexity index is 647. The van der Waals surface area contributed by atoms with Crippen molar-refractivity contribution in [2.75, 3.05) is 18.5 Å². The third-order valence-corrected chi connectivity index (χ3v) is 3.85. The van der Waals surface area contributed by atoms with Crippen molar-refractivity contribution in [3.63, 3.8) is 0 Å². The number of halogens is 1. The van der Waals surface area contributed by atoms with Crippen molar-refractivity contribution in [2.24, 2.45) is 5.73 Å². The van der Waals surface area contributed by atoms with Crippen molar-refractivity contribution in [1.82, 2.24) is 4.98 Å². The molecule has 0 unspecified atom stereocenters. The highest BCUT2D eigenvalue weighted by Gasteiger charge is 2.35. The van der Waals surface area contributed by atoms with Gasteiger partial charge in [-0.15, -0.1) is 12.4 Å². The minimum absolute atomic E-state index is 0. The summed E-state index contributed by atoms with van der Waals surface area (Å²) in [7, 11) is 0. The lowest BCUT2D eigenvalue weighted by molar-refractivity contribution is -0.124. The van der Waals surface area contributed by atoms with Crippen molar-refractivity contribution in [3.05, 3.63) is 30.0 Å². The first kappa shape index (κ1) is 15.8. The summed E-state index contributed by atoms with van der Waals surface area (Å²) in [6, 6.07) is 7.86. The number of ether oxygens (including phenoxy) is 1. The van der Waals surface area contributed by atoms with Crippen LogP contribution < -0.4 is 11.1 Å². The van der Waals surface area contributed by atoms with Crippen LogP contribution in [0.4, 0.5) is 5.69 Å². The maximum absolute atomic E-state index is 12.3. The van der Waals surface area contributed by atoms with Gasteiger partial charge in [-0.3, -0.25) is 4.79 Å². The number of carbonyl (C=O) groups is 1. The van der Waals surface area contributed by atoms with Crippen LogP contribution in [0, 0.1) is 6.92 Å². The highest BCUT2D eigenvalue weighted by Crippen LogP contribution is 2.23. The first-order chi connectivity index (χ1) is 9.57. The van der Waals surface area contributed by atoms with Gasteiger partial charge in [-0.1, -0.05) is 0 Å². The summed E-state index contributed by atoms with van der Waals surface area (Å²) < 4.78 is 5.26. The Morgan fingerprint density at radius 1 is 1.33 bits per heavy atom. The van der Waals surface area contributed by atoms with Gasteiger partial charge in [0.25, 0.3) is 0 Å².